The highest BCUT2D eigenvalue weighted by Gasteiger charge is 2.33. The molecule has 1 saturated heterocycles. The Balaban J connectivity index is 2.38. The molecule has 2 heterocycles. The van der Waals surface area contributed by atoms with Crippen molar-refractivity contribution in [2.45, 2.75) is 18.1 Å². The van der Waals surface area contributed by atoms with E-state index in [9.17, 15) is 8.42 Å². The number of aromatic nitrogens is 2. The number of nitrogens with zero attached hydrogens (tertiary/aromatic N) is 2. The van der Waals surface area contributed by atoms with Gasteiger partial charge in [-0.3, -0.25) is 0 Å². The lowest BCUT2D eigenvalue weighted by Gasteiger charge is -2.05. The molecule has 1 aliphatic heterocycles. The molecule has 70 valence electrons. The summed E-state index contributed by atoms with van der Waals surface area (Å²) in [7, 11) is -2.94. The van der Waals surface area contributed by atoms with Crippen LogP contribution >= 0.6 is 0 Å². The molecule has 1 aromatic rings. The highest BCUT2D eigenvalue weighted by molar-refractivity contribution is 7.91. The van der Waals surface area contributed by atoms with E-state index >= 15 is 0 Å². The maximum absolute atomic E-state index is 11.5. The second-order valence-corrected chi connectivity index (χ2v) is 5.45. The first kappa shape index (κ1) is 8.62. The molecule has 1 atom stereocenters. The van der Waals surface area contributed by atoms with E-state index in [-0.39, 0.29) is 5.75 Å². The molecule has 0 saturated carbocycles. The van der Waals surface area contributed by atoms with Gasteiger partial charge in [-0.1, -0.05) is 0 Å². The van der Waals surface area contributed by atoms with Crippen LogP contribution in [0.3, 0.4) is 0 Å². The van der Waals surface area contributed by atoms with Crippen LogP contribution in [0.5, 0.6) is 0 Å². The molecule has 1 unspecified atom stereocenters. The van der Waals surface area contributed by atoms with Crippen LogP contribution in [-0.2, 0) is 9.84 Å². The van der Waals surface area contributed by atoms with E-state index in [2.05, 4.69) is 10.2 Å². The van der Waals surface area contributed by atoms with Gasteiger partial charge in [0.25, 0.3) is 0 Å². The van der Waals surface area contributed by atoms with E-state index in [1.54, 1.807) is 18.3 Å². The van der Waals surface area contributed by atoms with Crippen LogP contribution < -0.4 is 0 Å². The smallest absolute Gasteiger partial charge is 0.158 e. The van der Waals surface area contributed by atoms with Crippen LogP contribution in [0.1, 0.15) is 23.8 Å². The molecular formula is C8H10N2O2S. The summed E-state index contributed by atoms with van der Waals surface area (Å²) in [5, 5.41) is 7.09. The summed E-state index contributed by atoms with van der Waals surface area (Å²) in [6, 6.07) is 3.44. The minimum Gasteiger partial charge on any atom is -0.228 e. The maximum atomic E-state index is 11.5. The Hall–Kier alpha value is -0.970. The SMILES string of the molecule is O=S1(=O)CCCC1c1cccnn1. The maximum Gasteiger partial charge on any atom is 0.158 e. The normalized spacial score (nSPS) is 26.0. The molecular weight excluding hydrogens is 188 g/mol. The fourth-order valence-electron chi connectivity index (χ4n) is 1.61. The highest BCUT2D eigenvalue weighted by Crippen LogP contribution is 2.32. The van der Waals surface area contributed by atoms with E-state index < -0.39 is 15.1 Å². The molecule has 0 amide bonds. The molecule has 2 rings (SSSR count). The van der Waals surface area contributed by atoms with Crippen LogP contribution in [-0.4, -0.2) is 24.4 Å². The van der Waals surface area contributed by atoms with Crippen molar-refractivity contribution in [2.24, 2.45) is 0 Å². The second-order valence-electron chi connectivity index (χ2n) is 3.15. The van der Waals surface area contributed by atoms with Crippen LogP contribution in [0.25, 0.3) is 0 Å². The van der Waals surface area contributed by atoms with Gasteiger partial charge in [-0.2, -0.15) is 10.2 Å². The lowest BCUT2D eigenvalue weighted by molar-refractivity contribution is 0.590. The predicted octanol–water partition coefficient (Wildman–Crippen LogP) is 0.726. The van der Waals surface area contributed by atoms with Gasteiger partial charge in [-0.15, -0.1) is 0 Å². The lowest BCUT2D eigenvalue weighted by Crippen LogP contribution is -2.09. The summed E-state index contributed by atoms with van der Waals surface area (Å²) in [6.45, 7) is 0. The molecule has 5 heteroatoms. The summed E-state index contributed by atoms with van der Waals surface area (Å²) in [4.78, 5) is 0. The van der Waals surface area contributed by atoms with Crippen molar-refractivity contribution in [1.82, 2.24) is 10.2 Å². The Kier molecular flexibility index (Phi) is 2.03. The van der Waals surface area contributed by atoms with Crippen molar-refractivity contribution in [3.8, 4) is 0 Å². The lowest BCUT2D eigenvalue weighted by atomic mass is 10.2. The van der Waals surface area contributed by atoms with Crippen molar-refractivity contribution in [1.29, 1.82) is 0 Å². The van der Waals surface area contributed by atoms with Crippen molar-refractivity contribution in [3.63, 3.8) is 0 Å². The van der Waals surface area contributed by atoms with E-state index in [1.807, 2.05) is 0 Å². The molecule has 0 aromatic carbocycles. The minimum atomic E-state index is -2.94. The largest absolute Gasteiger partial charge is 0.228 e. The molecule has 1 aliphatic rings. The summed E-state index contributed by atoms with van der Waals surface area (Å²) < 4.78 is 23.0. The Morgan fingerprint density at radius 1 is 1.46 bits per heavy atom. The van der Waals surface area contributed by atoms with E-state index in [1.165, 1.54) is 0 Å². The van der Waals surface area contributed by atoms with Gasteiger partial charge in [0.15, 0.2) is 9.84 Å². The molecule has 13 heavy (non-hydrogen) atoms. The van der Waals surface area contributed by atoms with Gasteiger partial charge >= 0.3 is 0 Å². The topological polar surface area (TPSA) is 59.9 Å². The Morgan fingerprint density at radius 2 is 2.31 bits per heavy atom. The van der Waals surface area contributed by atoms with Gasteiger partial charge in [0.2, 0.25) is 0 Å². The van der Waals surface area contributed by atoms with E-state index in [0.29, 0.717) is 12.1 Å². The minimum absolute atomic E-state index is 0.286. The van der Waals surface area contributed by atoms with Gasteiger partial charge in [0, 0.05) is 6.20 Å². The fourth-order valence-corrected chi connectivity index (χ4v) is 3.48. The quantitative estimate of drug-likeness (QED) is 0.667. The first-order chi connectivity index (χ1) is 6.20. The molecule has 1 aromatic heterocycles. The molecule has 0 spiro atoms. The number of hydrogen-bond donors (Lipinski definition) is 0. The molecule has 0 bridgehead atoms. The summed E-state index contributed by atoms with van der Waals surface area (Å²) in [5.41, 5.74) is 0.583. The zero-order valence-corrected chi connectivity index (χ0v) is 7.87. The number of sulfone groups is 1. The second kappa shape index (κ2) is 3.06. The van der Waals surface area contributed by atoms with Crippen LogP contribution in [0.15, 0.2) is 18.3 Å². The average Bonchev–Trinajstić information content (AvgIpc) is 2.47. The van der Waals surface area contributed by atoms with Crippen LogP contribution in [0.2, 0.25) is 0 Å². The van der Waals surface area contributed by atoms with E-state index in [4.69, 9.17) is 0 Å². The third-order valence-electron chi connectivity index (χ3n) is 2.25. The molecule has 0 aliphatic carbocycles. The van der Waals surface area contributed by atoms with Crippen molar-refractivity contribution >= 4 is 9.84 Å². The third-order valence-corrected chi connectivity index (χ3v) is 4.45. The Labute approximate surface area is 76.9 Å². The van der Waals surface area contributed by atoms with Crippen LogP contribution in [0.4, 0.5) is 0 Å². The van der Waals surface area contributed by atoms with Crippen molar-refractivity contribution in [2.75, 3.05) is 5.75 Å². The average molecular weight is 198 g/mol. The number of rotatable bonds is 1. The standard InChI is InChI=1S/C8H10N2O2S/c11-13(12)6-2-4-8(13)7-3-1-5-9-10-7/h1,3,5,8H,2,4,6H2. The van der Waals surface area contributed by atoms with Crippen molar-refractivity contribution in [3.05, 3.63) is 24.0 Å². The zero-order valence-electron chi connectivity index (χ0n) is 7.05. The number of hydrogen-bond acceptors (Lipinski definition) is 4. The predicted molar refractivity (Wildman–Crippen MR) is 47.8 cm³/mol. The van der Waals surface area contributed by atoms with Gasteiger partial charge < -0.3 is 0 Å². The van der Waals surface area contributed by atoms with Gasteiger partial charge in [-0.25, -0.2) is 8.42 Å². The Morgan fingerprint density at radius 3 is 2.85 bits per heavy atom. The van der Waals surface area contributed by atoms with Gasteiger partial charge in [0.1, 0.15) is 5.25 Å². The van der Waals surface area contributed by atoms with Crippen LogP contribution in [0, 0.1) is 0 Å². The monoisotopic (exact) mass is 198 g/mol. The third kappa shape index (κ3) is 1.56. The molecule has 0 radical (unpaired) electrons. The Bertz CT molecular complexity index is 388. The zero-order chi connectivity index (χ0) is 9.31. The molecule has 1 fully saturated rings. The molecule has 0 N–H and O–H groups in total. The van der Waals surface area contributed by atoms with Gasteiger partial charge in [-0.05, 0) is 25.0 Å². The molecule has 4 nitrogen and oxygen atoms in total. The van der Waals surface area contributed by atoms with E-state index in [0.717, 1.165) is 6.42 Å². The first-order valence-electron chi connectivity index (χ1n) is 4.19. The summed E-state index contributed by atoms with van der Waals surface area (Å²) in [6.07, 6.45) is 2.97. The van der Waals surface area contributed by atoms with Gasteiger partial charge in [0.05, 0.1) is 11.4 Å². The fraction of sp³-hybridized carbons (Fsp3) is 0.500. The summed E-state index contributed by atoms with van der Waals surface area (Å²) >= 11 is 0. The summed E-state index contributed by atoms with van der Waals surface area (Å²) in [5.74, 6) is 0.286. The first-order valence-corrected chi connectivity index (χ1v) is 5.91. The highest BCUT2D eigenvalue weighted by atomic mass is 32.2. The van der Waals surface area contributed by atoms with Crippen molar-refractivity contribution < 1.29 is 8.42 Å².